The molecule has 0 aromatic heterocycles. The van der Waals surface area contributed by atoms with Crippen LogP contribution < -0.4 is 0 Å². The first-order chi connectivity index (χ1) is 34.5. The summed E-state index contributed by atoms with van der Waals surface area (Å²) in [6, 6.07) is 20.6. The standard InChI is InChI=1S/C31H46N2O5.C27H39NO5/c1-2-3-6-10-28(34)24-12-14-25(15-13-24)31-27(26(23-32)22-29(31)35)9-7-4-5-8-11-30(36)38-21-18-33-16-19-37-20-17-33;1-2-3-6-10-24(30)20-12-14-21(15-13-20)27-23(22(19-28)18-25(27)31)9-7-4-5-8-11-26(32)33-17-16-29/h4,7,12-15,26-29,31,34-35H,2-3,5-6,8-11,16-22H2,1H3;4,7,12-15,22-25,27,29-31H,2-3,5-6,8-11,16-18H2,1H3/b2*7-4-/t26-,27-,28?,29+,31+;22-,23-,24?,25+,27+/m00/s1. The van der Waals surface area contributed by atoms with Gasteiger partial charge in [0.05, 0.1) is 68.2 Å². The van der Waals surface area contributed by atoms with Crippen molar-refractivity contribution in [2.45, 2.75) is 166 Å². The third-order valence-corrected chi connectivity index (χ3v) is 14.5. The minimum absolute atomic E-state index is 0.0242. The summed E-state index contributed by atoms with van der Waals surface area (Å²) >= 11 is 0. The first-order valence-electron chi connectivity index (χ1n) is 26.8. The van der Waals surface area contributed by atoms with Gasteiger partial charge in [-0.3, -0.25) is 14.5 Å². The summed E-state index contributed by atoms with van der Waals surface area (Å²) in [4.78, 5) is 25.7. The number of esters is 2. The minimum Gasteiger partial charge on any atom is -0.464 e. The second kappa shape index (κ2) is 34.1. The van der Waals surface area contributed by atoms with Crippen LogP contribution in [0.2, 0.25) is 0 Å². The van der Waals surface area contributed by atoms with Gasteiger partial charge < -0.3 is 39.7 Å². The molecular formula is C58H85N3O10. The van der Waals surface area contributed by atoms with Crippen molar-refractivity contribution in [3.63, 3.8) is 0 Å². The van der Waals surface area contributed by atoms with E-state index < -0.39 is 24.4 Å². The van der Waals surface area contributed by atoms with Crippen LogP contribution in [0.1, 0.15) is 176 Å². The molecule has 2 saturated carbocycles. The molecule has 2 aromatic rings. The minimum atomic E-state index is -0.560. The number of allylic oxidation sites excluding steroid dienone is 4. The maximum Gasteiger partial charge on any atom is 0.305 e. The molecule has 5 rings (SSSR count). The topological polar surface area (TPSA) is 214 Å². The summed E-state index contributed by atoms with van der Waals surface area (Å²) in [7, 11) is 0. The fraction of sp³-hybridized carbons (Fsp3) is 0.655. The Bertz CT molecular complexity index is 1940. The third kappa shape index (κ3) is 20.5. The first-order valence-corrected chi connectivity index (χ1v) is 26.8. The van der Waals surface area contributed by atoms with Crippen LogP contribution in [0.3, 0.4) is 0 Å². The van der Waals surface area contributed by atoms with Gasteiger partial charge in [-0.05, 0) is 98.3 Å². The zero-order chi connectivity index (χ0) is 51.2. The van der Waals surface area contributed by atoms with E-state index >= 15 is 0 Å². The molecule has 2 aromatic carbocycles. The number of rotatable bonds is 29. The SMILES string of the molecule is CCCCCC(O)c1ccc([C@@H]2[C@@H](C/C=C\CCCC(=O)OCCN3CCOCC3)[C@H](C#N)C[C@H]2O)cc1.CCCCCC(O)c1ccc([C@@H]2[C@@H](C/C=C\CCCC(=O)OCCO)[C@H](C#N)C[C@H]2O)cc1. The monoisotopic (exact) mass is 984 g/mol. The number of aliphatic hydroxyl groups excluding tert-OH is 5. The van der Waals surface area contributed by atoms with E-state index in [9.17, 15) is 40.5 Å². The summed E-state index contributed by atoms with van der Waals surface area (Å²) in [5, 5.41) is 70.4. The number of benzene rings is 2. The molecule has 71 heavy (non-hydrogen) atoms. The number of hydrogen-bond donors (Lipinski definition) is 5. The Hall–Kier alpha value is -4.44. The van der Waals surface area contributed by atoms with Gasteiger partial charge in [-0.1, -0.05) is 125 Å². The summed E-state index contributed by atoms with van der Waals surface area (Å²) in [5.74, 6) is -1.01. The fourth-order valence-corrected chi connectivity index (χ4v) is 10.4. The number of carbonyl (C=O) groups excluding carboxylic acids is 2. The molecule has 1 heterocycles. The molecule has 1 saturated heterocycles. The molecular weight excluding hydrogens is 899 g/mol. The molecule has 3 aliphatic rings. The number of unbranched alkanes of at least 4 members (excludes halogenated alkanes) is 6. The largest absolute Gasteiger partial charge is 0.464 e. The zero-order valence-electron chi connectivity index (χ0n) is 42.7. The van der Waals surface area contributed by atoms with Crippen molar-refractivity contribution >= 4 is 11.9 Å². The van der Waals surface area contributed by atoms with Gasteiger partial charge in [0, 0.05) is 44.3 Å². The third-order valence-electron chi connectivity index (χ3n) is 14.5. The molecule has 10 atom stereocenters. The summed E-state index contributed by atoms with van der Waals surface area (Å²) in [6.45, 7) is 8.61. The highest BCUT2D eigenvalue weighted by Crippen LogP contribution is 2.47. The first kappa shape index (κ1) is 59.1. The van der Waals surface area contributed by atoms with Crippen molar-refractivity contribution in [2.24, 2.45) is 23.7 Å². The van der Waals surface area contributed by atoms with Crippen LogP contribution in [0.25, 0.3) is 0 Å². The number of ether oxygens (including phenoxy) is 3. The van der Waals surface area contributed by atoms with E-state index in [1.165, 1.54) is 0 Å². The summed E-state index contributed by atoms with van der Waals surface area (Å²) in [6.07, 6.45) is 20.2. The number of carbonyl (C=O) groups is 2. The van der Waals surface area contributed by atoms with Crippen molar-refractivity contribution in [1.29, 1.82) is 10.5 Å². The molecule has 2 aliphatic carbocycles. The van der Waals surface area contributed by atoms with Crippen molar-refractivity contribution < 1.29 is 49.3 Å². The van der Waals surface area contributed by atoms with Crippen molar-refractivity contribution in [3.05, 3.63) is 95.1 Å². The van der Waals surface area contributed by atoms with Gasteiger partial charge in [-0.25, -0.2) is 0 Å². The van der Waals surface area contributed by atoms with Crippen LogP contribution in [0.15, 0.2) is 72.8 Å². The number of nitrogens with zero attached hydrogens (tertiary/aromatic N) is 3. The van der Waals surface area contributed by atoms with Crippen molar-refractivity contribution in [1.82, 2.24) is 4.90 Å². The van der Waals surface area contributed by atoms with Gasteiger partial charge in [0.15, 0.2) is 0 Å². The van der Waals surface area contributed by atoms with Crippen LogP contribution in [0, 0.1) is 46.3 Å². The Morgan fingerprint density at radius 3 is 1.52 bits per heavy atom. The van der Waals surface area contributed by atoms with E-state index in [0.29, 0.717) is 51.6 Å². The number of morpholine rings is 1. The Morgan fingerprint density at radius 1 is 0.676 bits per heavy atom. The summed E-state index contributed by atoms with van der Waals surface area (Å²) < 4.78 is 15.5. The molecule has 5 N–H and O–H groups in total. The number of hydrogen-bond acceptors (Lipinski definition) is 13. The predicted molar refractivity (Wildman–Crippen MR) is 274 cm³/mol. The zero-order valence-corrected chi connectivity index (χ0v) is 42.7. The van der Waals surface area contributed by atoms with Crippen molar-refractivity contribution in [2.75, 3.05) is 52.7 Å². The van der Waals surface area contributed by atoms with E-state index in [2.05, 4.69) is 43.0 Å². The maximum atomic E-state index is 12.0. The van der Waals surface area contributed by atoms with Gasteiger partial charge in [0.1, 0.15) is 13.2 Å². The number of aliphatic hydroxyl groups is 5. The normalized spacial score (nSPS) is 24.2. The average Bonchev–Trinajstić information content (AvgIpc) is 3.89. The van der Waals surface area contributed by atoms with Crippen LogP contribution in [-0.4, -0.2) is 107 Å². The number of nitriles is 2. The van der Waals surface area contributed by atoms with E-state index in [1.54, 1.807) is 0 Å². The van der Waals surface area contributed by atoms with Crippen LogP contribution >= 0.6 is 0 Å². The second-order valence-electron chi connectivity index (χ2n) is 19.6. The van der Waals surface area contributed by atoms with E-state index in [1.807, 2.05) is 60.7 Å². The molecule has 392 valence electrons. The van der Waals surface area contributed by atoms with Gasteiger partial charge in [0.2, 0.25) is 0 Å². The Labute approximate surface area is 424 Å². The lowest BCUT2D eigenvalue weighted by Crippen LogP contribution is -2.38. The Morgan fingerprint density at radius 2 is 1.11 bits per heavy atom. The van der Waals surface area contributed by atoms with Gasteiger partial charge >= 0.3 is 11.9 Å². The molecule has 2 unspecified atom stereocenters. The van der Waals surface area contributed by atoms with Crippen LogP contribution in [0.5, 0.6) is 0 Å². The van der Waals surface area contributed by atoms with Gasteiger partial charge in [-0.2, -0.15) is 10.5 Å². The molecule has 13 nitrogen and oxygen atoms in total. The molecule has 0 bridgehead atoms. The average molecular weight is 984 g/mol. The van der Waals surface area contributed by atoms with Crippen LogP contribution in [0.4, 0.5) is 0 Å². The lowest BCUT2D eigenvalue weighted by atomic mass is 9.82. The lowest BCUT2D eigenvalue weighted by molar-refractivity contribution is -0.145. The molecule has 1 aliphatic heterocycles. The highest BCUT2D eigenvalue weighted by atomic mass is 16.5. The van der Waals surface area contributed by atoms with Crippen molar-refractivity contribution in [3.8, 4) is 12.1 Å². The van der Waals surface area contributed by atoms with Gasteiger partial charge in [0.25, 0.3) is 0 Å². The maximum absolute atomic E-state index is 12.0. The van der Waals surface area contributed by atoms with E-state index in [-0.39, 0.29) is 60.7 Å². The smallest absolute Gasteiger partial charge is 0.305 e. The fourth-order valence-electron chi connectivity index (χ4n) is 10.4. The molecule has 0 amide bonds. The molecule has 13 heteroatoms. The predicted octanol–water partition coefficient (Wildman–Crippen LogP) is 9.45. The van der Waals surface area contributed by atoms with E-state index in [0.717, 1.165) is 126 Å². The lowest BCUT2D eigenvalue weighted by Gasteiger charge is -2.26. The summed E-state index contributed by atoms with van der Waals surface area (Å²) in [5.41, 5.74) is 3.84. The van der Waals surface area contributed by atoms with E-state index in [4.69, 9.17) is 19.3 Å². The highest BCUT2D eigenvalue weighted by Gasteiger charge is 2.44. The Kier molecular flexibility index (Phi) is 28.4. The molecule has 0 spiro atoms. The second-order valence-corrected chi connectivity index (χ2v) is 19.6. The van der Waals surface area contributed by atoms with Gasteiger partial charge in [-0.15, -0.1) is 0 Å². The Balaban J connectivity index is 0.000000312. The molecule has 0 radical (unpaired) electrons. The highest BCUT2D eigenvalue weighted by molar-refractivity contribution is 5.69. The van der Waals surface area contributed by atoms with Crippen LogP contribution in [-0.2, 0) is 23.8 Å². The molecule has 3 fully saturated rings. The quantitative estimate of drug-likeness (QED) is 0.0292.